The van der Waals surface area contributed by atoms with Crippen LogP contribution < -0.4 is 5.32 Å². The van der Waals surface area contributed by atoms with Gasteiger partial charge in [-0.15, -0.1) is 0 Å². The van der Waals surface area contributed by atoms with Gasteiger partial charge >= 0.3 is 12.2 Å². The minimum Gasteiger partial charge on any atom is -0.382 e. The number of carbonyl (C=O) groups excluding carboxylic acids is 1. The van der Waals surface area contributed by atoms with Gasteiger partial charge in [0.15, 0.2) is 6.10 Å². The number of ether oxygens (including phenoxy) is 1. The van der Waals surface area contributed by atoms with Crippen molar-refractivity contribution in [1.29, 1.82) is 0 Å². The molecule has 1 aromatic carbocycles. The molecule has 0 radical (unpaired) electrons. The van der Waals surface area contributed by atoms with Gasteiger partial charge in [0.1, 0.15) is 0 Å². The summed E-state index contributed by atoms with van der Waals surface area (Å²) in [4.78, 5) is 12.8. The lowest BCUT2D eigenvalue weighted by Crippen LogP contribution is -2.43. The molecule has 1 aromatic rings. The second-order valence-corrected chi connectivity index (χ2v) is 5.82. The van der Waals surface area contributed by atoms with Gasteiger partial charge in [-0.05, 0) is 38.0 Å². The standard InChI is InChI=1S/C16H23F3N2O3/c1-10(2)24-9-12-6-5-7-13(11(12)3)20-15(23)21(4)8-14(22)16(17,18)19/h5-7,10,14,22H,8-9H2,1-4H3,(H,20,23). The monoisotopic (exact) mass is 348 g/mol. The summed E-state index contributed by atoms with van der Waals surface area (Å²) in [5.74, 6) is 0. The molecule has 24 heavy (non-hydrogen) atoms. The predicted octanol–water partition coefficient (Wildman–Crippen LogP) is 3.31. The Hall–Kier alpha value is -1.80. The van der Waals surface area contributed by atoms with Crippen molar-refractivity contribution in [2.75, 3.05) is 18.9 Å². The van der Waals surface area contributed by atoms with Crippen molar-refractivity contribution in [3.63, 3.8) is 0 Å². The lowest BCUT2D eigenvalue weighted by molar-refractivity contribution is -0.205. The number of urea groups is 1. The van der Waals surface area contributed by atoms with Gasteiger partial charge in [-0.2, -0.15) is 13.2 Å². The van der Waals surface area contributed by atoms with Gasteiger partial charge < -0.3 is 20.1 Å². The summed E-state index contributed by atoms with van der Waals surface area (Å²) in [6.07, 6.45) is -7.30. The highest BCUT2D eigenvalue weighted by molar-refractivity contribution is 5.90. The van der Waals surface area contributed by atoms with Crippen LogP contribution in [-0.2, 0) is 11.3 Å². The van der Waals surface area contributed by atoms with Gasteiger partial charge in [-0.25, -0.2) is 4.79 Å². The van der Waals surface area contributed by atoms with E-state index < -0.39 is 24.9 Å². The average molecular weight is 348 g/mol. The predicted molar refractivity (Wildman–Crippen MR) is 84.8 cm³/mol. The minimum absolute atomic E-state index is 0.0534. The van der Waals surface area contributed by atoms with Crippen LogP contribution in [0.1, 0.15) is 25.0 Å². The van der Waals surface area contributed by atoms with E-state index in [4.69, 9.17) is 9.84 Å². The lowest BCUT2D eigenvalue weighted by Gasteiger charge is -2.23. The van der Waals surface area contributed by atoms with Crippen molar-refractivity contribution in [3.8, 4) is 0 Å². The number of alkyl halides is 3. The smallest absolute Gasteiger partial charge is 0.382 e. The quantitative estimate of drug-likeness (QED) is 0.829. The van der Waals surface area contributed by atoms with Crippen molar-refractivity contribution in [2.45, 2.75) is 45.8 Å². The number of amides is 2. The number of likely N-dealkylation sites (N-methyl/N-ethyl adjacent to an activating group) is 1. The van der Waals surface area contributed by atoms with Gasteiger partial charge in [0, 0.05) is 12.7 Å². The summed E-state index contributed by atoms with van der Waals surface area (Å²) in [6, 6.07) is 4.50. The molecular weight excluding hydrogens is 325 g/mol. The number of halogens is 3. The van der Waals surface area contributed by atoms with Crippen LogP contribution in [0, 0.1) is 6.92 Å². The Morgan fingerprint density at radius 2 is 2.00 bits per heavy atom. The van der Waals surface area contributed by atoms with Gasteiger partial charge in [-0.3, -0.25) is 0 Å². The fraction of sp³-hybridized carbons (Fsp3) is 0.562. The molecule has 0 spiro atoms. The van der Waals surface area contributed by atoms with Crippen LogP contribution in [0.2, 0.25) is 0 Å². The fourth-order valence-corrected chi connectivity index (χ4v) is 1.89. The van der Waals surface area contributed by atoms with E-state index in [0.29, 0.717) is 12.3 Å². The normalized spacial score (nSPS) is 13.0. The van der Waals surface area contributed by atoms with Crippen LogP contribution >= 0.6 is 0 Å². The van der Waals surface area contributed by atoms with Crippen molar-refractivity contribution < 1.29 is 27.8 Å². The van der Waals surface area contributed by atoms with E-state index in [0.717, 1.165) is 16.0 Å². The Kier molecular flexibility index (Phi) is 7.04. The van der Waals surface area contributed by atoms with Crippen LogP contribution in [-0.4, -0.2) is 48.0 Å². The first-order chi connectivity index (χ1) is 11.0. The van der Waals surface area contributed by atoms with E-state index in [-0.39, 0.29) is 6.10 Å². The molecule has 2 amide bonds. The molecule has 1 rings (SSSR count). The molecule has 0 aliphatic carbocycles. The Bertz CT molecular complexity index is 562. The van der Waals surface area contributed by atoms with Crippen LogP contribution in [0.4, 0.5) is 23.7 Å². The number of aliphatic hydroxyl groups excluding tert-OH is 1. The molecule has 0 saturated carbocycles. The molecule has 8 heteroatoms. The van der Waals surface area contributed by atoms with E-state index in [1.165, 1.54) is 7.05 Å². The molecule has 0 fully saturated rings. The second-order valence-electron chi connectivity index (χ2n) is 5.82. The average Bonchev–Trinajstić information content (AvgIpc) is 2.46. The first-order valence-electron chi connectivity index (χ1n) is 7.49. The van der Waals surface area contributed by atoms with E-state index in [1.54, 1.807) is 19.1 Å². The summed E-state index contributed by atoms with van der Waals surface area (Å²) in [5, 5.41) is 11.6. The van der Waals surface area contributed by atoms with Crippen LogP contribution in [0.15, 0.2) is 18.2 Å². The van der Waals surface area contributed by atoms with Gasteiger partial charge in [0.2, 0.25) is 0 Å². The Labute approximate surface area is 139 Å². The summed E-state index contributed by atoms with van der Waals surface area (Å²) < 4.78 is 42.6. The number of hydrogen-bond donors (Lipinski definition) is 2. The molecule has 5 nitrogen and oxygen atoms in total. The first-order valence-corrected chi connectivity index (χ1v) is 7.49. The van der Waals surface area contributed by atoms with Crippen molar-refractivity contribution in [3.05, 3.63) is 29.3 Å². The number of aliphatic hydroxyl groups is 1. The largest absolute Gasteiger partial charge is 0.416 e. The summed E-state index contributed by atoms with van der Waals surface area (Å²) >= 11 is 0. The molecule has 1 unspecified atom stereocenters. The molecule has 0 aromatic heterocycles. The number of anilines is 1. The van der Waals surface area contributed by atoms with E-state index in [9.17, 15) is 18.0 Å². The number of nitrogens with zero attached hydrogens (tertiary/aromatic N) is 1. The van der Waals surface area contributed by atoms with Crippen molar-refractivity contribution in [1.82, 2.24) is 4.90 Å². The number of rotatable bonds is 6. The number of carbonyl (C=O) groups is 1. The third kappa shape index (κ3) is 6.01. The maximum atomic E-state index is 12.3. The zero-order chi connectivity index (χ0) is 18.5. The highest BCUT2D eigenvalue weighted by atomic mass is 19.4. The van der Waals surface area contributed by atoms with E-state index in [2.05, 4.69) is 5.32 Å². The zero-order valence-corrected chi connectivity index (χ0v) is 14.1. The zero-order valence-electron chi connectivity index (χ0n) is 14.1. The highest BCUT2D eigenvalue weighted by Gasteiger charge is 2.39. The molecule has 0 aliphatic rings. The summed E-state index contributed by atoms with van der Waals surface area (Å²) in [6.45, 7) is 5.13. The van der Waals surface area contributed by atoms with Crippen molar-refractivity contribution in [2.24, 2.45) is 0 Å². The highest BCUT2D eigenvalue weighted by Crippen LogP contribution is 2.22. The Morgan fingerprint density at radius 3 is 2.54 bits per heavy atom. The SMILES string of the molecule is Cc1c(COC(C)C)cccc1NC(=O)N(C)CC(O)C(F)(F)F. The summed E-state index contributed by atoms with van der Waals surface area (Å²) in [5.41, 5.74) is 2.13. The number of hydrogen-bond acceptors (Lipinski definition) is 3. The van der Waals surface area contributed by atoms with Gasteiger partial charge in [0.05, 0.1) is 19.3 Å². The molecule has 1 atom stereocenters. The lowest BCUT2D eigenvalue weighted by atomic mass is 10.1. The minimum atomic E-state index is -4.77. The topological polar surface area (TPSA) is 61.8 Å². The van der Waals surface area contributed by atoms with E-state index >= 15 is 0 Å². The molecule has 0 heterocycles. The second kappa shape index (κ2) is 8.34. The fourth-order valence-electron chi connectivity index (χ4n) is 1.89. The molecule has 136 valence electrons. The first kappa shape index (κ1) is 20.2. The number of nitrogens with one attached hydrogen (secondary N) is 1. The van der Waals surface area contributed by atoms with Crippen molar-refractivity contribution >= 4 is 11.7 Å². The third-order valence-electron chi connectivity index (χ3n) is 3.43. The van der Waals surface area contributed by atoms with Crippen LogP contribution in [0.5, 0.6) is 0 Å². The molecule has 0 bridgehead atoms. The van der Waals surface area contributed by atoms with Gasteiger partial charge in [-0.1, -0.05) is 12.1 Å². The Morgan fingerprint density at radius 1 is 1.38 bits per heavy atom. The molecule has 0 aliphatic heterocycles. The molecule has 0 saturated heterocycles. The van der Waals surface area contributed by atoms with E-state index in [1.807, 2.05) is 19.9 Å². The van der Waals surface area contributed by atoms with Gasteiger partial charge in [0.25, 0.3) is 0 Å². The van der Waals surface area contributed by atoms with Crippen LogP contribution in [0.3, 0.4) is 0 Å². The van der Waals surface area contributed by atoms with Crippen LogP contribution in [0.25, 0.3) is 0 Å². The summed E-state index contributed by atoms with van der Waals surface area (Å²) in [7, 11) is 1.19. The molecule has 2 N–H and O–H groups in total. The maximum absolute atomic E-state index is 12.3. The molecular formula is C16H23F3N2O3. The number of benzene rings is 1. The maximum Gasteiger partial charge on any atom is 0.416 e. The Balaban J connectivity index is 2.74. The third-order valence-corrected chi connectivity index (χ3v) is 3.43.